The minimum atomic E-state index is -0.597. The lowest BCUT2D eigenvalue weighted by molar-refractivity contribution is -0.187. The molecule has 0 radical (unpaired) electrons. The SMILES string of the molecule is CC1(CO)C(OC(=O)NC2CCCCC2)CCC2(C)C(CC(=O)N3CCSCC3)C(O)CCC12. The lowest BCUT2D eigenvalue weighted by Gasteiger charge is -2.60. The molecule has 194 valence electrons. The second-order valence-electron chi connectivity index (χ2n) is 11.6. The number of carbonyl (C=O) groups is 2. The molecular formula is C26H44N2O5S. The molecule has 1 saturated heterocycles. The van der Waals surface area contributed by atoms with Gasteiger partial charge in [-0.3, -0.25) is 4.79 Å². The van der Waals surface area contributed by atoms with Crippen molar-refractivity contribution in [3.8, 4) is 0 Å². The normalized spacial score (nSPS) is 39.2. The first-order valence-corrected chi connectivity index (χ1v) is 14.5. The van der Waals surface area contributed by atoms with Gasteiger partial charge >= 0.3 is 6.09 Å². The molecule has 34 heavy (non-hydrogen) atoms. The molecule has 2 amide bonds. The van der Waals surface area contributed by atoms with E-state index in [4.69, 9.17) is 4.74 Å². The van der Waals surface area contributed by atoms with Crippen LogP contribution >= 0.6 is 11.8 Å². The molecule has 0 aromatic carbocycles. The van der Waals surface area contributed by atoms with E-state index < -0.39 is 11.5 Å². The summed E-state index contributed by atoms with van der Waals surface area (Å²) in [6, 6.07) is 0.184. The number of amides is 2. The highest BCUT2D eigenvalue weighted by Gasteiger charge is 2.60. The first-order valence-electron chi connectivity index (χ1n) is 13.4. The summed E-state index contributed by atoms with van der Waals surface area (Å²) < 4.78 is 5.98. The zero-order valence-electron chi connectivity index (χ0n) is 21.0. The minimum Gasteiger partial charge on any atom is -0.446 e. The lowest BCUT2D eigenvalue weighted by Crippen LogP contribution is -2.61. The molecule has 3 aliphatic carbocycles. The van der Waals surface area contributed by atoms with Crippen LogP contribution in [0.1, 0.15) is 78.1 Å². The number of nitrogens with zero attached hydrogens (tertiary/aromatic N) is 1. The second-order valence-corrected chi connectivity index (χ2v) is 12.8. The van der Waals surface area contributed by atoms with Crippen molar-refractivity contribution in [2.24, 2.45) is 22.7 Å². The summed E-state index contributed by atoms with van der Waals surface area (Å²) in [5.74, 6) is 2.02. The van der Waals surface area contributed by atoms with E-state index in [0.29, 0.717) is 19.3 Å². The van der Waals surface area contributed by atoms with Gasteiger partial charge in [0.15, 0.2) is 0 Å². The Morgan fingerprint density at radius 1 is 1.06 bits per heavy atom. The third-order valence-electron chi connectivity index (χ3n) is 9.61. The van der Waals surface area contributed by atoms with Gasteiger partial charge in [-0.05, 0) is 55.8 Å². The number of fused-ring (bicyclic) bond motifs is 1. The van der Waals surface area contributed by atoms with Crippen LogP contribution in [-0.2, 0) is 9.53 Å². The van der Waals surface area contributed by atoms with Crippen LogP contribution in [0.15, 0.2) is 0 Å². The number of aliphatic hydroxyl groups excluding tert-OH is 2. The molecule has 4 fully saturated rings. The van der Waals surface area contributed by atoms with Crippen LogP contribution in [0.25, 0.3) is 0 Å². The van der Waals surface area contributed by atoms with Crippen molar-refractivity contribution in [1.29, 1.82) is 0 Å². The van der Waals surface area contributed by atoms with E-state index in [-0.39, 0.29) is 48.0 Å². The largest absolute Gasteiger partial charge is 0.446 e. The fraction of sp³-hybridized carbons (Fsp3) is 0.923. The number of carbonyl (C=O) groups excluding carboxylic acids is 2. The minimum absolute atomic E-state index is 0.0735. The van der Waals surface area contributed by atoms with Gasteiger partial charge in [-0.25, -0.2) is 4.79 Å². The molecule has 1 aliphatic heterocycles. The first kappa shape index (κ1) is 26.1. The summed E-state index contributed by atoms with van der Waals surface area (Å²) >= 11 is 1.88. The van der Waals surface area contributed by atoms with Crippen LogP contribution < -0.4 is 5.32 Å². The number of alkyl carbamates (subject to hydrolysis) is 1. The maximum Gasteiger partial charge on any atom is 0.407 e. The maximum absolute atomic E-state index is 13.1. The van der Waals surface area contributed by atoms with Crippen molar-refractivity contribution in [3.63, 3.8) is 0 Å². The molecule has 6 unspecified atom stereocenters. The fourth-order valence-electron chi connectivity index (χ4n) is 7.49. The molecule has 4 aliphatic rings. The number of ether oxygens (including phenoxy) is 1. The van der Waals surface area contributed by atoms with Crippen molar-refractivity contribution in [2.45, 2.75) is 96.3 Å². The molecule has 0 aromatic heterocycles. The average Bonchev–Trinajstić information content (AvgIpc) is 2.84. The Labute approximate surface area is 208 Å². The van der Waals surface area contributed by atoms with Gasteiger partial charge in [0.2, 0.25) is 5.91 Å². The number of hydrogen-bond donors (Lipinski definition) is 3. The third kappa shape index (κ3) is 5.24. The number of rotatable bonds is 5. The van der Waals surface area contributed by atoms with Gasteiger partial charge in [0.1, 0.15) is 6.10 Å². The van der Waals surface area contributed by atoms with E-state index in [0.717, 1.165) is 63.1 Å². The van der Waals surface area contributed by atoms with Gasteiger partial charge < -0.3 is 25.2 Å². The summed E-state index contributed by atoms with van der Waals surface area (Å²) in [4.78, 5) is 27.8. The van der Waals surface area contributed by atoms with E-state index in [1.807, 2.05) is 23.6 Å². The fourth-order valence-corrected chi connectivity index (χ4v) is 8.39. The molecule has 3 saturated carbocycles. The molecule has 0 aromatic rings. The molecule has 1 heterocycles. The maximum atomic E-state index is 13.1. The Hall–Kier alpha value is -0.990. The van der Waals surface area contributed by atoms with E-state index in [1.165, 1.54) is 6.42 Å². The standard InChI is InChI=1S/C26H44N2O5S/c1-25-11-10-22(33-24(32)27-18-6-4-3-5-7-18)26(2,17-29)21(25)9-8-20(30)19(25)16-23(31)28-12-14-34-15-13-28/h18-22,29-30H,3-17H2,1-2H3,(H,27,32). The highest BCUT2D eigenvalue weighted by molar-refractivity contribution is 7.99. The van der Waals surface area contributed by atoms with Gasteiger partial charge in [0.25, 0.3) is 0 Å². The van der Waals surface area contributed by atoms with Crippen LogP contribution in [0.3, 0.4) is 0 Å². The predicted octanol–water partition coefficient (Wildman–Crippen LogP) is 3.57. The quantitative estimate of drug-likeness (QED) is 0.538. The van der Waals surface area contributed by atoms with Crippen molar-refractivity contribution in [1.82, 2.24) is 10.2 Å². The summed E-state index contributed by atoms with van der Waals surface area (Å²) in [5.41, 5.74) is -0.880. The van der Waals surface area contributed by atoms with Gasteiger partial charge in [-0.2, -0.15) is 11.8 Å². The predicted molar refractivity (Wildman–Crippen MR) is 134 cm³/mol. The summed E-state index contributed by atoms with van der Waals surface area (Å²) in [6.07, 6.45) is 7.41. The first-order chi connectivity index (χ1) is 16.3. The number of thioether (sulfide) groups is 1. The Balaban J connectivity index is 1.46. The van der Waals surface area contributed by atoms with Crippen LogP contribution in [0.5, 0.6) is 0 Å². The molecule has 4 rings (SSSR count). The Bertz CT molecular complexity index is 726. The van der Waals surface area contributed by atoms with Crippen LogP contribution in [0.4, 0.5) is 4.79 Å². The average molecular weight is 497 g/mol. The van der Waals surface area contributed by atoms with Gasteiger partial charge in [-0.15, -0.1) is 0 Å². The summed E-state index contributed by atoms with van der Waals surface area (Å²) in [7, 11) is 0. The van der Waals surface area contributed by atoms with E-state index in [9.17, 15) is 19.8 Å². The monoisotopic (exact) mass is 496 g/mol. The van der Waals surface area contributed by atoms with Crippen molar-refractivity contribution >= 4 is 23.8 Å². The van der Waals surface area contributed by atoms with Gasteiger partial charge in [-0.1, -0.05) is 33.1 Å². The van der Waals surface area contributed by atoms with Crippen LogP contribution in [-0.4, -0.2) is 76.6 Å². The molecule has 7 nitrogen and oxygen atoms in total. The molecular weight excluding hydrogens is 452 g/mol. The molecule has 0 spiro atoms. The molecule has 3 N–H and O–H groups in total. The van der Waals surface area contributed by atoms with Crippen LogP contribution in [0.2, 0.25) is 0 Å². The molecule has 0 bridgehead atoms. The van der Waals surface area contributed by atoms with Crippen molar-refractivity contribution < 1.29 is 24.5 Å². The zero-order valence-corrected chi connectivity index (χ0v) is 21.8. The topological polar surface area (TPSA) is 99.1 Å². The van der Waals surface area contributed by atoms with E-state index in [1.54, 1.807) is 0 Å². The Kier molecular flexibility index (Phi) is 8.40. The van der Waals surface area contributed by atoms with Gasteiger partial charge in [0.05, 0.1) is 12.7 Å². The lowest BCUT2D eigenvalue weighted by atomic mass is 9.46. The molecule has 6 atom stereocenters. The zero-order chi connectivity index (χ0) is 24.3. The Morgan fingerprint density at radius 3 is 2.44 bits per heavy atom. The summed E-state index contributed by atoms with van der Waals surface area (Å²) in [5, 5.41) is 24.7. The van der Waals surface area contributed by atoms with Gasteiger partial charge in [0, 0.05) is 42.5 Å². The van der Waals surface area contributed by atoms with E-state index in [2.05, 4.69) is 12.2 Å². The smallest absolute Gasteiger partial charge is 0.407 e. The number of aliphatic hydroxyl groups is 2. The second kappa shape index (κ2) is 11.0. The third-order valence-corrected chi connectivity index (χ3v) is 10.6. The number of hydrogen-bond acceptors (Lipinski definition) is 6. The van der Waals surface area contributed by atoms with Crippen LogP contribution in [0, 0.1) is 22.7 Å². The Morgan fingerprint density at radius 2 is 1.76 bits per heavy atom. The highest BCUT2D eigenvalue weighted by atomic mass is 32.2. The van der Waals surface area contributed by atoms with E-state index >= 15 is 0 Å². The van der Waals surface area contributed by atoms with Crippen molar-refractivity contribution in [3.05, 3.63) is 0 Å². The highest BCUT2D eigenvalue weighted by Crippen LogP contribution is 2.61. The summed E-state index contributed by atoms with van der Waals surface area (Å²) in [6.45, 7) is 5.72. The molecule has 8 heteroatoms. The van der Waals surface area contributed by atoms with Crippen molar-refractivity contribution in [2.75, 3.05) is 31.2 Å². The number of nitrogens with one attached hydrogen (secondary N) is 1.